The van der Waals surface area contributed by atoms with Crippen LogP contribution < -0.4 is 10.8 Å². The molecular weight excluding hydrogens is 224 g/mol. The summed E-state index contributed by atoms with van der Waals surface area (Å²) in [5, 5.41) is 11.6. The van der Waals surface area contributed by atoms with E-state index < -0.39 is 0 Å². The molecule has 2 rings (SSSR count). The van der Waals surface area contributed by atoms with Crippen molar-refractivity contribution in [3.8, 4) is 0 Å². The van der Waals surface area contributed by atoms with Gasteiger partial charge in [-0.05, 0) is 12.1 Å². The van der Waals surface area contributed by atoms with Crippen molar-refractivity contribution >= 4 is 17.7 Å². The summed E-state index contributed by atoms with van der Waals surface area (Å²) < 4.78 is 0. The highest BCUT2D eigenvalue weighted by molar-refractivity contribution is 7.99. The van der Waals surface area contributed by atoms with E-state index in [0.29, 0.717) is 22.8 Å². The van der Waals surface area contributed by atoms with E-state index in [1.165, 1.54) is 0 Å². The Labute approximate surface area is 97.7 Å². The van der Waals surface area contributed by atoms with E-state index in [9.17, 15) is 4.79 Å². The molecular formula is C11H12N2O2S. The largest absolute Gasteiger partial charge is 0.323 e. The van der Waals surface area contributed by atoms with Crippen LogP contribution in [0.15, 0.2) is 41.7 Å². The molecule has 0 saturated carbocycles. The monoisotopic (exact) mass is 236 g/mol. The number of hydroxylamine groups is 1. The average molecular weight is 236 g/mol. The van der Waals surface area contributed by atoms with Gasteiger partial charge in [0.2, 0.25) is 0 Å². The van der Waals surface area contributed by atoms with E-state index in [1.807, 2.05) is 18.2 Å². The molecule has 1 aromatic rings. The molecule has 0 saturated heterocycles. The molecule has 5 heteroatoms. The molecule has 3 N–H and O–H groups in total. The second-order valence-corrected chi connectivity index (χ2v) is 4.37. The van der Waals surface area contributed by atoms with E-state index in [1.54, 1.807) is 23.9 Å². The van der Waals surface area contributed by atoms with Gasteiger partial charge in [-0.3, -0.25) is 15.5 Å². The van der Waals surface area contributed by atoms with Gasteiger partial charge in [-0.15, -0.1) is 11.8 Å². The maximum atomic E-state index is 11.8. The molecule has 1 aliphatic rings. The predicted octanol–water partition coefficient (Wildman–Crippen LogP) is 1.35. The molecule has 16 heavy (non-hydrogen) atoms. The van der Waals surface area contributed by atoms with Crippen LogP contribution in [0.2, 0.25) is 0 Å². The van der Waals surface area contributed by atoms with E-state index in [-0.39, 0.29) is 5.91 Å². The zero-order chi connectivity index (χ0) is 11.4. The maximum Gasteiger partial charge on any atom is 0.255 e. The zero-order valence-electron chi connectivity index (χ0n) is 8.56. The van der Waals surface area contributed by atoms with Crippen molar-refractivity contribution < 1.29 is 10.0 Å². The van der Waals surface area contributed by atoms with Gasteiger partial charge in [-0.25, -0.2) is 0 Å². The highest BCUT2D eigenvalue weighted by atomic mass is 32.2. The summed E-state index contributed by atoms with van der Waals surface area (Å²) in [7, 11) is 0. The van der Waals surface area contributed by atoms with E-state index in [0.717, 1.165) is 5.70 Å². The van der Waals surface area contributed by atoms with Crippen LogP contribution >= 0.6 is 11.8 Å². The first kappa shape index (κ1) is 11.0. The summed E-state index contributed by atoms with van der Waals surface area (Å²) >= 11 is 1.64. The molecule has 0 fully saturated rings. The molecule has 0 aromatic heterocycles. The Hall–Kier alpha value is -1.46. The van der Waals surface area contributed by atoms with Crippen molar-refractivity contribution in [1.82, 2.24) is 10.8 Å². The van der Waals surface area contributed by atoms with Crippen molar-refractivity contribution in [2.75, 3.05) is 11.5 Å². The van der Waals surface area contributed by atoms with Gasteiger partial charge in [0.15, 0.2) is 0 Å². The van der Waals surface area contributed by atoms with Crippen LogP contribution in [-0.2, 0) is 0 Å². The van der Waals surface area contributed by atoms with Crippen LogP contribution in [0.25, 0.3) is 0 Å². The molecule has 0 atom stereocenters. The van der Waals surface area contributed by atoms with Crippen LogP contribution in [0.3, 0.4) is 0 Å². The first-order chi connectivity index (χ1) is 7.81. The lowest BCUT2D eigenvalue weighted by Gasteiger charge is -2.07. The Morgan fingerprint density at radius 1 is 1.19 bits per heavy atom. The molecule has 0 spiro atoms. The van der Waals surface area contributed by atoms with Gasteiger partial charge >= 0.3 is 0 Å². The molecule has 0 radical (unpaired) electrons. The molecule has 1 heterocycles. The van der Waals surface area contributed by atoms with E-state index in [2.05, 4.69) is 10.8 Å². The standard InChI is InChI=1S/C11H12N2O2S/c14-11(8-4-2-1-3-5-8)12-9-6-16-7-10(9)13-15/h1-5,13,15H,6-7H2,(H,12,14). The maximum absolute atomic E-state index is 11.8. The molecule has 4 nitrogen and oxygen atoms in total. The smallest absolute Gasteiger partial charge is 0.255 e. The molecule has 1 amide bonds. The van der Waals surface area contributed by atoms with Gasteiger partial charge < -0.3 is 5.32 Å². The number of hydrogen-bond acceptors (Lipinski definition) is 4. The highest BCUT2D eigenvalue weighted by Gasteiger charge is 2.17. The number of carbonyl (C=O) groups is 1. The number of thioether (sulfide) groups is 1. The lowest BCUT2D eigenvalue weighted by Crippen LogP contribution is -2.26. The summed E-state index contributed by atoms with van der Waals surface area (Å²) in [6.45, 7) is 0. The summed E-state index contributed by atoms with van der Waals surface area (Å²) in [5.74, 6) is 1.26. The first-order valence-corrected chi connectivity index (χ1v) is 6.03. The topological polar surface area (TPSA) is 61.4 Å². The Balaban J connectivity index is 2.08. The van der Waals surface area contributed by atoms with Crippen LogP contribution in [0.4, 0.5) is 0 Å². The minimum Gasteiger partial charge on any atom is -0.323 e. The number of nitrogens with one attached hydrogen (secondary N) is 2. The molecule has 0 unspecified atom stereocenters. The van der Waals surface area contributed by atoms with Crippen LogP contribution in [0.5, 0.6) is 0 Å². The minimum atomic E-state index is -0.147. The van der Waals surface area contributed by atoms with Crippen molar-refractivity contribution in [2.45, 2.75) is 0 Å². The van der Waals surface area contributed by atoms with E-state index in [4.69, 9.17) is 5.21 Å². The number of benzene rings is 1. The third kappa shape index (κ3) is 2.37. The molecule has 1 aromatic carbocycles. The quantitative estimate of drug-likeness (QED) is 0.693. The summed E-state index contributed by atoms with van der Waals surface area (Å²) in [4.78, 5) is 11.8. The lowest BCUT2D eigenvalue weighted by molar-refractivity contribution is 0.0964. The SMILES string of the molecule is O=C(NC1=C(NO)CSC1)c1ccccc1. The summed E-state index contributed by atoms with van der Waals surface area (Å²) in [5.41, 5.74) is 4.16. The van der Waals surface area contributed by atoms with Gasteiger partial charge in [0.1, 0.15) is 0 Å². The molecule has 84 valence electrons. The van der Waals surface area contributed by atoms with Crippen molar-refractivity contribution in [1.29, 1.82) is 0 Å². The van der Waals surface area contributed by atoms with Gasteiger partial charge in [0.05, 0.1) is 11.4 Å². The second kappa shape index (κ2) is 5.05. The average Bonchev–Trinajstić information content (AvgIpc) is 2.77. The third-order valence-corrected chi connectivity index (χ3v) is 3.28. The number of carbonyl (C=O) groups excluding carboxylic acids is 1. The fourth-order valence-corrected chi connectivity index (χ4v) is 2.43. The highest BCUT2D eigenvalue weighted by Crippen LogP contribution is 2.20. The minimum absolute atomic E-state index is 0.147. The lowest BCUT2D eigenvalue weighted by atomic mass is 10.2. The zero-order valence-corrected chi connectivity index (χ0v) is 9.38. The second-order valence-electron chi connectivity index (χ2n) is 3.38. The Bertz CT molecular complexity index is 417. The van der Waals surface area contributed by atoms with Crippen molar-refractivity contribution in [3.63, 3.8) is 0 Å². The Kier molecular flexibility index (Phi) is 3.48. The molecule has 1 aliphatic heterocycles. The Morgan fingerprint density at radius 2 is 1.88 bits per heavy atom. The van der Waals surface area contributed by atoms with Crippen molar-refractivity contribution in [3.05, 3.63) is 47.3 Å². The fourth-order valence-electron chi connectivity index (χ4n) is 1.44. The van der Waals surface area contributed by atoms with Gasteiger partial charge in [0, 0.05) is 17.1 Å². The van der Waals surface area contributed by atoms with E-state index >= 15 is 0 Å². The first-order valence-electron chi connectivity index (χ1n) is 4.87. The van der Waals surface area contributed by atoms with Gasteiger partial charge in [0.25, 0.3) is 5.91 Å². The van der Waals surface area contributed by atoms with Crippen molar-refractivity contribution in [2.24, 2.45) is 0 Å². The fraction of sp³-hybridized carbons (Fsp3) is 0.182. The molecule has 0 aliphatic carbocycles. The van der Waals surface area contributed by atoms with Gasteiger partial charge in [-0.2, -0.15) is 0 Å². The van der Waals surface area contributed by atoms with Gasteiger partial charge in [-0.1, -0.05) is 18.2 Å². The summed E-state index contributed by atoms with van der Waals surface area (Å²) in [6, 6.07) is 9.01. The normalized spacial score (nSPS) is 15.1. The van der Waals surface area contributed by atoms with Crippen LogP contribution in [-0.4, -0.2) is 22.6 Å². The predicted molar refractivity (Wildman–Crippen MR) is 63.2 cm³/mol. The number of amides is 1. The number of hydrogen-bond donors (Lipinski definition) is 3. The Morgan fingerprint density at radius 3 is 2.56 bits per heavy atom. The molecule has 0 bridgehead atoms. The third-order valence-electron chi connectivity index (χ3n) is 2.29. The van der Waals surface area contributed by atoms with Crippen LogP contribution in [0.1, 0.15) is 10.4 Å². The summed E-state index contributed by atoms with van der Waals surface area (Å²) in [6.07, 6.45) is 0. The number of rotatable bonds is 3. The van der Waals surface area contributed by atoms with Crippen LogP contribution in [0, 0.1) is 0 Å².